The smallest absolute Gasteiger partial charge is 0.256 e. The maximum absolute atomic E-state index is 12.8. The first-order chi connectivity index (χ1) is 11.5. The minimum Gasteiger partial charge on any atom is -0.382 e. The van der Waals surface area contributed by atoms with Gasteiger partial charge in [0, 0.05) is 41.9 Å². The number of halogens is 1. The number of aromatic nitrogens is 1. The van der Waals surface area contributed by atoms with Gasteiger partial charge in [0.05, 0.1) is 5.52 Å². The van der Waals surface area contributed by atoms with Gasteiger partial charge in [-0.1, -0.05) is 15.9 Å². The summed E-state index contributed by atoms with van der Waals surface area (Å²) < 4.78 is 8.17. The lowest BCUT2D eigenvalue weighted by atomic mass is 10.1. The molecule has 1 aromatic heterocycles. The number of pyridine rings is 1. The van der Waals surface area contributed by atoms with E-state index < -0.39 is 0 Å². The topological polar surface area (TPSA) is 60.3 Å². The standard InChI is InChI=1S/C18H21BrN2O3/c1-3-24-6-4-5-20-18(23)15-10-21-11(2)7-12-8-13(19)9-14(16(12)21)17(15)22/h8-11H,3-7H2,1-2H3,(H,20,23)/t11-/m1/s1. The van der Waals surface area contributed by atoms with Crippen LogP contribution in [-0.2, 0) is 11.2 Å². The number of carbonyl (C=O) groups excluding carboxylic acids is 1. The Kier molecular flexibility index (Phi) is 5.06. The molecule has 2 aromatic rings. The highest BCUT2D eigenvalue weighted by Crippen LogP contribution is 2.33. The van der Waals surface area contributed by atoms with Gasteiger partial charge in [-0.3, -0.25) is 9.59 Å². The molecule has 0 radical (unpaired) electrons. The Morgan fingerprint density at radius 2 is 2.25 bits per heavy atom. The van der Waals surface area contributed by atoms with Crippen LogP contribution in [0.1, 0.15) is 42.2 Å². The fraction of sp³-hybridized carbons (Fsp3) is 0.444. The summed E-state index contributed by atoms with van der Waals surface area (Å²) >= 11 is 3.47. The van der Waals surface area contributed by atoms with Gasteiger partial charge in [0.25, 0.3) is 5.91 Å². The molecule has 1 N–H and O–H groups in total. The Labute approximate surface area is 149 Å². The number of carbonyl (C=O) groups is 1. The largest absolute Gasteiger partial charge is 0.382 e. The van der Waals surface area contributed by atoms with E-state index in [0.29, 0.717) is 25.1 Å². The van der Waals surface area contributed by atoms with Crippen LogP contribution in [-0.4, -0.2) is 30.2 Å². The van der Waals surface area contributed by atoms with Crippen molar-refractivity contribution in [3.05, 3.63) is 44.2 Å². The molecule has 24 heavy (non-hydrogen) atoms. The number of benzene rings is 1. The van der Waals surface area contributed by atoms with E-state index in [-0.39, 0.29) is 22.9 Å². The highest BCUT2D eigenvalue weighted by atomic mass is 79.9. The van der Waals surface area contributed by atoms with Crippen molar-refractivity contribution < 1.29 is 9.53 Å². The fourth-order valence-corrected chi connectivity index (χ4v) is 3.74. The molecule has 5 nitrogen and oxygen atoms in total. The van der Waals surface area contributed by atoms with Gasteiger partial charge in [0.15, 0.2) is 0 Å². The molecule has 0 fully saturated rings. The zero-order chi connectivity index (χ0) is 17.3. The maximum atomic E-state index is 12.8. The quantitative estimate of drug-likeness (QED) is 0.768. The van der Waals surface area contributed by atoms with Gasteiger partial charge in [-0.15, -0.1) is 0 Å². The van der Waals surface area contributed by atoms with Crippen molar-refractivity contribution in [2.45, 2.75) is 32.7 Å². The van der Waals surface area contributed by atoms with Crippen LogP contribution in [0.15, 0.2) is 27.6 Å². The Hall–Kier alpha value is -1.66. The fourth-order valence-electron chi connectivity index (χ4n) is 3.24. The summed E-state index contributed by atoms with van der Waals surface area (Å²) in [5, 5.41) is 3.42. The summed E-state index contributed by atoms with van der Waals surface area (Å²) in [6.45, 7) is 5.80. The first-order valence-corrected chi connectivity index (χ1v) is 9.05. The number of hydrogen-bond donors (Lipinski definition) is 1. The molecule has 1 amide bonds. The van der Waals surface area contributed by atoms with Crippen molar-refractivity contribution in [1.29, 1.82) is 0 Å². The summed E-state index contributed by atoms with van der Waals surface area (Å²) in [6, 6.07) is 4.10. The lowest BCUT2D eigenvalue weighted by Crippen LogP contribution is -2.31. The van der Waals surface area contributed by atoms with Crippen molar-refractivity contribution in [2.24, 2.45) is 0 Å². The molecule has 0 bridgehead atoms. The van der Waals surface area contributed by atoms with E-state index in [4.69, 9.17) is 4.74 Å². The average Bonchev–Trinajstić information content (AvgIpc) is 2.85. The minimum absolute atomic E-state index is 0.205. The third-order valence-corrected chi connectivity index (χ3v) is 4.82. The van der Waals surface area contributed by atoms with Gasteiger partial charge in [-0.25, -0.2) is 0 Å². The molecule has 128 valence electrons. The van der Waals surface area contributed by atoms with Crippen LogP contribution in [0.2, 0.25) is 0 Å². The van der Waals surface area contributed by atoms with E-state index in [2.05, 4.69) is 34.2 Å². The number of nitrogens with one attached hydrogen (secondary N) is 1. The number of hydrogen-bond acceptors (Lipinski definition) is 3. The highest BCUT2D eigenvalue weighted by Gasteiger charge is 2.25. The van der Waals surface area contributed by atoms with E-state index in [9.17, 15) is 9.59 Å². The van der Waals surface area contributed by atoms with Crippen LogP contribution in [0.4, 0.5) is 0 Å². The molecule has 6 heteroatoms. The van der Waals surface area contributed by atoms with E-state index >= 15 is 0 Å². The minimum atomic E-state index is -0.317. The van der Waals surface area contributed by atoms with Crippen molar-refractivity contribution >= 4 is 32.7 Å². The van der Waals surface area contributed by atoms with Crippen LogP contribution in [0.25, 0.3) is 10.9 Å². The molecule has 0 spiro atoms. The summed E-state index contributed by atoms with van der Waals surface area (Å²) in [7, 11) is 0. The van der Waals surface area contributed by atoms with Gasteiger partial charge < -0.3 is 14.6 Å². The second-order valence-electron chi connectivity index (χ2n) is 6.10. The predicted octanol–water partition coefficient (Wildman–Crippen LogP) is 3.04. The van der Waals surface area contributed by atoms with Gasteiger partial charge in [-0.05, 0) is 44.4 Å². The number of ether oxygens (including phenoxy) is 1. The lowest BCUT2D eigenvalue weighted by molar-refractivity contribution is 0.0942. The van der Waals surface area contributed by atoms with Gasteiger partial charge in [0.2, 0.25) is 5.43 Å². The molecule has 0 unspecified atom stereocenters. The van der Waals surface area contributed by atoms with Crippen molar-refractivity contribution in [3.63, 3.8) is 0 Å². The van der Waals surface area contributed by atoms with Gasteiger partial charge in [-0.2, -0.15) is 0 Å². The van der Waals surface area contributed by atoms with Gasteiger partial charge in [0.1, 0.15) is 5.56 Å². The SMILES string of the molecule is CCOCCCNC(=O)c1cn2c3c(cc(Br)cc3c1=O)C[C@H]2C. The molecular formula is C18H21BrN2O3. The van der Waals surface area contributed by atoms with E-state index in [0.717, 1.165) is 28.4 Å². The van der Waals surface area contributed by atoms with Crippen LogP contribution >= 0.6 is 15.9 Å². The predicted molar refractivity (Wildman–Crippen MR) is 97.8 cm³/mol. The van der Waals surface area contributed by atoms with Crippen LogP contribution in [0.5, 0.6) is 0 Å². The van der Waals surface area contributed by atoms with Crippen molar-refractivity contribution in [1.82, 2.24) is 9.88 Å². The molecule has 2 heterocycles. The average molecular weight is 393 g/mol. The summed E-state index contributed by atoms with van der Waals surface area (Å²) in [5.74, 6) is -0.317. The second-order valence-corrected chi connectivity index (χ2v) is 7.02. The third kappa shape index (κ3) is 3.13. The maximum Gasteiger partial charge on any atom is 0.256 e. The first kappa shape index (κ1) is 17.2. The zero-order valence-corrected chi connectivity index (χ0v) is 15.5. The van der Waals surface area contributed by atoms with Crippen molar-refractivity contribution in [2.75, 3.05) is 19.8 Å². The third-order valence-electron chi connectivity index (χ3n) is 4.36. The summed E-state index contributed by atoms with van der Waals surface area (Å²) in [6.07, 6.45) is 3.31. The van der Waals surface area contributed by atoms with E-state index in [1.54, 1.807) is 6.20 Å². The monoisotopic (exact) mass is 392 g/mol. The molecule has 1 aliphatic rings. The highest BCUT2D eigenvalue weighted by molar-refractivity contribution is 9.10. The number of nitrogens with zero attached hydrogens (tertiary/aromatic N) is 1. The molecule has 3 rings (SSSR count). The Morgan fingerprint density at radius 1 is 1.46 bits per heavy atom. The molecular weight excluding hydrogens is 372 g/mol. The molecule has 1 aliphatic heterocycles. The Morgan fingerprint density at radius 3 is 3.00 bits per heavy atom. The lowest BCUT2D eigenvalue weighted by Gasteiger charge is -2.13. The Bertz CT molecular complexity index is 844. The molecule has 0 saturated carbocycles. The summed E-state index contributed by atoms with van der Waals surface area (Å²) in [5.41, 5.74) is 2.09. The van der Waals surface area contributed by atoms with Crippen LogP contribution in [0, 0.1) is 0 Å². The zero-order valence-electron chi connectivity index (χ0n) is 13.9. The molecule has 1 aromatic carbocycles. The second kappa shape index (κ2) is 7.07. The normalized spacial score (nSPS) is 15.9. The summed E-state index contributed by atoms with van der Waals surface area (Å²) in [4.78, 5) is 25.2. The van der Waals surface area contributed by atoms with E-state index in [1.807, 2.05) is 17.6 Å². The van der Waals surface area contributed by atoms with Crippen LogP contribution in [0.3, 0.4) is 0 Å². The first-order valence-electron chi connectivity index (χ1n) is 8.26. The molecule has 0 aliphatic carbocycles. The van der Waals surface area contributed by atoms with Crippen LogP contribution < -0.4 is 10.7 Å². The van der Waals surface area contributed by atoms with Gasteiger partial charge >= 0.3 is 0 Å². The van der Waals surface area contributed by atoms with E-state index in [1.165, 1.54) is 0 Å². The van der Waals surface area contributed by atoms with Crippen molar-refractivity contribution in [3.8, 4) is 0 Å². The molecule has 0 saturated heterocycles. The molecule has 1 atom stereocenters. The number of rotatable bonds is 6. The number of amides is 1. The Balaban J connectivity index is 1.92.